The molecule has 1 saturated carbocycles. The quantitative estimate of drug-likeness (QED) is 0.571. The molecule has 0 bridgehead atoms. The summed E-state index contributed by atoms with van der Waals surface area (Å²) >= 11 is 0. The van der Waals surface area contributed by atoms with Crippen LogP contribution in [0.3, 0.4) is 0 Å². The highest BCUT2D eigenvalue weighted by Gasteiger charge is 2.16. The van der Waals surface area contributed by atoms with Gasteiger partial charge in [-0.2, -0.15) is 0 Å². The highest BCUT2D eigenvalue weighted by molar-refractivity contribution is 7.89. The first-order valence-electron chi connectivity index (χ1n) is 8.95. The molecule has 0 atom stereocenters. The minimum Gasteiger partial charge on any atom is -0.345 e. The van der Waals surface area contributed by atoms with Gasteiger partial charge in [-0.1, -0.05) is 25.7 Å². The molecule has 0 saturated heterocycles. The first kappa shape index (κ1) is 19.9. The van der Waals surface area contributed by atoms with Gasteiger partial charge in [0.15, 0.2) is 0 Å². The van der Waals surface area contributed by atoms with E-state index in [1.54, 1.807) is 26.2 Å². The zero-order valence-corrected chi connectivity index (χ0v) is 15.9. The lowest BCUT2D eigenvalue weighted by Crippen LogP contribution is -2.36. The molecular weight excluding hydrogens is 338 g/mol. The monoisotopic (exact) mass is 367 g/mol. The summed E-state index contributed by atoms with van der Waals surface area (Å²) in [6.45, 7) is 0.984. The molecule has 1 fully saturated rings. The molecule has 0 spiro atoms. The van der Waals surface area contributed by atoms with Crippen LogP contribution in [0.4, 0.5) is 0 Å². The molecule has 140 valence electrons. The Morgan fingerprint density at radius 2 is 1.64 bits per heavy atom. The number of nitrogens with zero attached hydrogens (tertiary/aromatic N) is 1. The van der Waals surface area contributed by atoms with Gasteiger partial charge in [0.05, 0.1) is 4.90 Å². The van der Waals surface area contributed by atoms with Crippen LogP contribution in [0.1, 0.15) is 48.9 Å². The van der Waals surface area contributed by atoms with Crippen molar-refractivity contribution in [2.75, 3.05) is 27.2 Å². The maximum absolute atomic E-state index is 12.3. The summed E-state index contributed by atoms with van der Waals surface area (Å²) in [5, 5.41) is 3.45. The third-order valence-electron chi connectivity index (χ3n) is 4.52. The molecule has 1 aliphatic carbocycles. The van der Waals surface area contributed by atoms with Crippen molar-refractivity contribution in [1.29, 1.82) is 0 Å². The molecule has 2 N–H and O–H groups in total. The summed E-state index contributed by atoms with van der Waals surface area (Å²) in [6, 6.07) is 6.53. The number of rotatable bonds is 7. The Morgan fingerprint density at radius 1 is 1.04 bits per heavy atom. The molecule has 1 amide bonds. The van der Waals surface area contributed by atoms with Crippen LogP contribution < -0.4 is 10.0 Å². The van der Waals surface area contributed by atoms with Crippen molar-refractivity contribution in [3.05, 3.63) is 29.8 Å². The Hall–Kier alpha value is -1.44. The van der Waals surface area contributed by atoms with Gasteiger partial charge in [-0.3, -0.25) is 4.79 Å². The van der Waals surface area contributed by atoms with E-state index in [-0.39, 0.29) is 10.8 Å². The van der Waals surface area contributed by atoms with Gasteiger partial charge < -0.3 is 10.2 Å². The van der Waals surface area contributed by atoms with Gasteiger partial charge in [0.1, 0.15) is 0 Å². The topological polar surface area (TPSA) is 78.5 Å². The van der Waals surface area contributed by atoms with Crippen LogP contribution in [-0.4, -0.2) is 52.5 Å². The van der Waals surface area contributed by atoms with E-state index in [2.05, 4.69) is 10.0 Å². The zero-order chi connectivity index (χ0) is 18.3. The second-order valence-electron chi connectivity index (χ2n) is 6.76. The fraction of sp³-hybridized carbons (Fsp3) is 0.611. The maximum Gasteiger partial charge on any atom is 0.253 e. The van der Waals surface area contributed by atoms with Crippen LogP contribution in [0.5, 0.6) is 0 Å². The molecule has 0 aromatic heterocycles. The molecule has 0 aliphatic heterocycles. The molecule has 1 aromatic carbocycles. The van der Waals surface area contributed by atoms with Crippen molar-refractivity contribution in [3.63, 3.8) is 0 Å². The number of nitrogens with one attached hydrogen (secondary N) is 2. The van der Waals surface area contributed by atoms with E-state index in [0.29, 0.717) is 24.7 Å². The molecule has 1 aromatic rings. The molecule has 0 heterocycles. The van der Waals surface area contributed by atoms with E-state index in [1.165, 1.54) is 55.6 Å². The van der Waals surface area contributed by atoms with Crippen LogP contribution >= 0.6 is 0 Å². The first-order valence-corrected chi connectivity index (χ1v) is 10.4. The van der Waals surface area contributed by atoms with Gasteiger partial charge in [-0.15, -0.1) is 0 Å². The minimum absolute atomic E-state index is 0.149. The Kier molecular flexibility index (Phi) is 7.40. The average molecular weight is 368 g/mol. The molecule has 0 radical (unpaired) electrons. The summed E-state index contributed by atoms with van der Waals surface area (Å²) in [5.41, 5.74) is 0.471. The van der Waals surface area contributed by atoms with Crippen molar-refractivity contribution in [2.24, 2.45) is 0 Å². The number of hydrogen-bond acceptors (Lipinski definition) is 4. The van der Waals surface area contributed by atoms with E-state index >= 15 is 0 Å². The van der Waals surface area contributed by atoms with E-state index in [4.69, 9.17) is 0 Å². The van der Waals surface area contributed by atoms with Gasteiger partial charge in [0.25, 0.3) is 5.91 Å². The predicted octanol–water partition coefficient (Wildman–Crippen LogP) is 1.98. The molecule has 1 aliphatic rings. The van der Waals surface area contributed by atoms with Crippen molar-refractivity contribution in [3.8, 4) is 0 Å². The predicted molar refractivity (Wildman–Crippen MR) is 99.1 cm³/mol. The van der Waals surface area contributed by atoms with Gasteiger partial charge >= 0.3 is 0 Å². The number of benzene rings is 1. The average Bonchev–Trinajstić information content (AvgIpc) is 2.87. The van der Waals surface area contributed by atoms with Crippen molar-refractivity contribution < 1.29 is 13.2 Å². The fourth-order valence-electron chi connectivity index (χ4n) is 3.06. The normalized spacial score (nSPS) is 16.4. The SMILES string of the molecule is CN(C)C(=O)c1ccc(S(=O)(=O)NCCNC2CCCCCC2)cc1. The zero-order valence-electron chi connectivity index (χ0n) is 15.1. The number of amides is 1. The van der Waals surface area contributed by atoms with Crippen LogP contribution in [0.2, 0.25) is 0 Å². The fourth-order valence-corrected chi connectivity index (χ4v) is 4.10. The van der Waals surface area contributed by atoms with Gasteiger partial charge in [0, 0.05) is 38.8 Å². The Balaban J connectivity index is 1.83. The third-order valence-corrected chi connectivity index (χ3v) is 6.00. The Bertz CT molecular complexity index is 649. The van der Waals surface area contributed by atoms with Crippen molar-refractivity contribution in [2.45, 2.75) is 49.5 Å². The summed E-state index contributed by atoms with van der Waals surface area (Å²) in [4.78, 5) is 13.5. The highest BCUT2D eigenvalue weighted by Crippen LogP contribution is 2.17. The van der Waals surface area contributed by atoms with Gasteiger partial charge in [-0.05, 0) is 37.1 Å². The molecule has 6 nitrogen and oxygen atoms in total. The maximum atomic E-state index is 12.3. The summed E-state index contributed by atoms with van der Waals surface area (Å²) < 4.78 is 27.3. The van der Waals surface area contributed by atoms with E-state index in [0.717, 1.165) is 0 Å². The molecule has 7 heteroatoms. The van der Waals surface area contributed by atoms with E-state index < -0.39 is 10.0 Å². The van der Waals surface area contributed by atoms with Crippen LogP contribution in [0.25, 0.3) is 0 Å². The van der Waals surface area contributed by atoms with E-state index in [9.17, 15) is 13.2 Å². The smallest absolute Gasteiger partial charge is 0.253 e. The Morgan fingerprint density at radius 3 is 2.20 bits per heavy atom. The second-order valence-corrected chi connectivity index (χ2v) is 8.53. The highest BCUT2D eigenvalue weighted by atomic mass is 32.2. The van der Waals surface area contributed by atoms with Crippen molar-refractivity contribution >= 4 is 15.9 Å². The lowest BCUT2D eigenvalue weighted by molar-refractivity contribution is 0.0827. The number of carbonyl (C=O) groups is 1. The summed E-state index contributed by atoms with van der Waals surface area (Å²) in [6.07, 6.45) is 7.46. The molecular formula is C18H29N3O3S. The third kappa shape index (κ3) is 6.09. The molecule has 25 heavy (non-hydrogen) atoms. The number of hydrogen-bond donors (Lipinski definition) is 2. The second kappa shape index (κ2) is 9.31. The van der Waals surface area contributed by atoms with Crippen LogP contribution in [-0.2, 0) is 10.0 Å². The molecule has 0 unspecified atom stereocenters. The number of sulfonamides is 1. The lowest BCUT2D eigenvalue weighted by Gasteiger charge is -2.16. The van der Waals surface area contributed by atoms with Gasteiger partial charge in [0.2, 0.25) is 10.0 Å². The molecule has 2 rings (SSSR count). The van der Waals surface area contributed by atoms with Crippen molar-refractivity contribution in [1.82, 2.24) is 14.9 Å². The summed E-state index contributed by atoms with van der Waals surface area (Å²) in [7, 11) is -0.223. The first-order chi connectivity index (χ1) is 11.9. The minimum atomic E-state index is -3.55. The van der Waals surface area contributed by atoms with Crippen LogP contribution in [0.15, 0.2) is 29.2 Å². The van der Waals surface area contributed by atoms with Crippen LogP contribution in [0, 0.1) is 0 Å². The van der Waals surface area contributed by atoms with Gasteiger partial charge in [-0.25, -0.2) is 13.1 Å². The van der Waals surface area contributed by atoms with E-state index in [1.807, 2.05) is 0 Å². The summed E-state index contributed by atoms with van der Waals surface area (Å²) in [5.74, 6) is -0.149. The lowest BCUT2D eigenvalue weighted by atomic mass is 10.1. The number of carbonyl (C=O) groups excluding carboxylic acids is 1. The Labute approximate surface area is 151 Å². The standard InChI is InChI=1S/C18H29N3O3S/c1-21(2)18(22)15-9-11-17(12-10-15)25(23,24)20-14-13-19-16-7-5-3-4-6-8-16/h9-12,16,19-20H,3-8,13-14H2,1-2H3. The largest absolute Gasteiger partial charge is 0.345 e.